The molecule has 0 bridgehead atoms. The van der Waals surface area contributed by atoms with Gasteiger partial charge < -0.3 is 4.98 Å². The number of hydrogen-bond acceptors (Lipinski definition) is 1. The molecule has 90 valence electrons. The van der Waals surface area contributed by atoms with Crippen LogP contribution in [0.15, 0.2) is 11.0 Å². The van der Waals surface area contributed by atoms with Gasteiger partial charge in [0, 0.05) is 17.6 Å². The van der Waals surface area contributed by atoms with Gasteiger partial charge in [-0.1, -0.05) is 0 Å². The first-order valence-corrected chi connectivity index (χ1v) is 4.48. The Bertz CT molecular complexity index is 439. The molecule has 1 aromatic rings. The number of aromatic nitrogens is 1. The monoisotopic (exact) mass is 261 g/mol. The summed E-state index contributed by atoms with van der Waals surface area (Å²) in [6, 6.07) is 0. The lowest BCUT2D eigenvalue weighted by Gasteiger charge is -2.13. The summed E-state index contributed by atoms with van der Waals surface area (Å²) in [7, 11) is 0. The quantitative estimate of drug-likeness (QED) is 0.644. The lowest BCUT2D eigenvalue weighted by Crippen LogP contribution is -2.25. The van der Waals surface area contributed by atoms with Crippen molar-refractivity contribution in [2.45, 2.75) is 18.5 Å². The van der Waals surface area contributed by atoms with Crippen LogP contribution >= 0.6 is 11.6 Å². The first-order valence-electron chi connectivity index (χ1n) is 3.94. The Morgan fingerprint density at radius 2 is 1.94 bits per heavy atom. The molecule has 0 aliphatic heterocycles. The SMILES string of the molecule is O=c1[nH]cc(CCl)c(C(F)F)c1C(F)(F)F. The molecule has 1 heterocycles. The van der Waals surface area contributed by atoms with E-state index in [1.807, 2.05) is 0 Å². The van der Waals surface area contributed by atoms with E-state index in [2.05, 4.69) is 0 Å². The maximum Gasteiger partial charge on any atom is 0.422 e. The topological polar surface area (TPSA) is 32.9 Å². The molecule has 1 rings (SSSR count). The molecule has 0 aromatic carbocycles. The zero-order valence-corrected chi connectivity index (χ0v) is 8.29. The summed E-state index contributed by atoms with van der Waals surface area (Å²) < 4.78 is 62.1. The molecule has 0 radical (unpaired) electrons. The van der Waals surface area contributed by atoms with Crippen LogP contribution in [0.3, 0.4) is 0 Å². The van der Waals surface area contributed by atoms with E-state index in [-0.39, 0.29) is 0 Å². The number of nitrogens with one attached hydrogen (secondary N) is 1. The summed E-state index contributed by atoms with van der Waals surface area (Å²) in [5.41, 5.74) is -5.29. The third-order valence-electron chi connectivity index (χ3n) is 1.87. The van der Waals surface area contributed by atoms with Crippen LogP contribution < -0.4 is 5.56 Å². The van der Waals surface area contributed by atoms with Crippen LogP contribution in [-0.2, 0) is 12.1 Å². The second-order valence-corrected chi connectivity index (χ2v) is 3.13. The van der Waals surface area contributed by atoms with Gasteiger partial charge in [-0.25, -0.2) is 8.78 Å². The zero-order chi connectivity index (χ0) is 12.5. The second-order valence-electron chi connectivity index (χ2n) is 2.86. The molecule has 0 saturated heterocycles. The van der Waals surface area contributed by atoms with Gasteiger partial charge in [0.25, 0.3) is 12.0 Å². The van der Waals surface area contributed by atoms with E-state index >= 15 is 0 Å². The van der Waals surface area contributed by atoms with Gasteiger partial charge in [0.1, 0.15) is 5.56 Å². The number of hydrogen-bond donors (Lipinski definition) is 1. The third kappa shape index (κ3) is 2.34. The molecule has 0 saturated carbocycles. The lowest BCUT2D eigenvalue weighted by atomic mass is 10.1. The molecular weight excluding hydrogens is 257 g/mol. The van der Waals surface area contributed by atoms with Gasteiger partial charge in [-0.15, -0.1) is 11.6 Å². The fraction of sp³-hybridized carbons (Fsp3) is 0.375. The average molecular weight is 262 g/mol. The lowest BCUT2D eigenvalue weighted by molar-refractivity contribution is -0.140. The molecule has 2 nitrogen and oxygen atoms in total. The second kappa shape index (κ2) is 4.40. The van der Waals surface area contributed by atoms with Crippen LogP contribution in [0, 0.1) is 0 Å². The predicted molar refractivity (Wildman–Crippen MR) is 46.6 cm³/mol. The smallest absolute Gasteiger partial charge is 0.328 e. The maximum absolute atomic E-state index is 12.5. The van der Waals surface area contributed by atoms with Gasteiger partial charge in [0.05, 0.1) is 0 Å². The molecule has 0 spiro atoms. The number of rotatable bonds is 2. The number of H-pyrrole nitrogens is 1. The molecule has 0 aliphatic rings. The van der Waals surface area contributed by atoms with Crippen molar-refractivity contribution in [2.24, 2.45) is 0 Å². The third-order valence-corrected chi connectivity index (χ3v) is 2.15. The normalized spacial score (nSPS) is 12.2. The molecule has 0 amide bonds. The standard InChI is InChI=1S/C8H5ClF5NO/c9-1-3-2-15-7(16)5(8(12,13)14)4(3)6(10)11/h2,6H,1H2,(H,15,16). The zero-order valence-electron chi connectivity index (χ0n) is 7.54. The van der Waals surface area contributed by atoms with Crippen LogP contribution in [0.5, 0.6) is 0 Å². The molecule has 0 atom stereocenters. The van der Waals surface area contributed by atoms with Crippen molar-refractivity contribution in [1.29, 1.82) is 0 Å². The van der Waals surface area contributed by atoms with Crippen molar-refractivity contribution in [2.75, 3.05) is 0 Å². The van der Waals surface area contributed by atoms with Crippen LogP contribution in [0.4, 0.5) is 22.0 Å². The highest BCUT2D eigenvalue weighted by Crippen LogP contribution is 2.35. The fourth-order valence-corrected chi connectivity index (χ4v) is 1.45. The first kappa shape index (κ1) is 13.0. The van der Waals surface area contributed by atoms with Crippen molar-refractivity contribution in [3.63, 3.8) is 0 Å². The van der Waals surface area contributed by atoms with Gasteiger partial charge in [0.2, 0.25) is 0 Å². The van der Waals surface area contributed by atoms with Crippen molar-refractivity contribution < 1.29 is 22.0 Å². The van der Waals surface area contributed by atoms with Crippen LogP contribution in [-0.4, -0.2) is 4.98 Å². The minimum Gasteiger partial charge on any atom is -0.328 e. The largest absolute Gasteiger partial charge is 0.422 e. The highest BCUT2D eigenvalue weighted by molar-refractivity contribution is 6.17. The molecule has 0 aliphatic carbocycles. The minimum atomic E-state index is -5.14. The Kier molecular flexibility index (Phi) is 3.57. The maximum atomic E-state index is 12.5. The summed E-state index contributed by atoms with van der Waals surface area (Å²) in [6.07, 6.45) is -7.79. The summed E-state index contributed by atoms with van der Waals surface area (Å²) in [6.45, 7) is 0. The summed E-state index contributed by atoms with van der Waals surface area (Å²) in [5, 5.41) is 0. The van der Waals surface area contributed by atoms with E-state index in [9.17, 15) is 26.7 Å². The molecular formula is C8H5ClF5NO. The number of halogens is 6. The summed E-state index contributed by atoms with van der Waals surface area (Å²) in [5.74, 6) is -0.542. The van der Waals surface area contributed by atoms with E-state index in [0.717, 1.165) is 6.20 Å². The van der Waals surface area contributed by atoms with Gasteiger partial charge in [0.15, 0.2) is 0 Å². The highest BCUT2D eigenvalue weighted by Gasteiger charge is 2.40. The Morgan fingerprint density at radius 1 is 1.38 bits per heavy atom. The first-order chi connectivity index (χ1) is 7.29. The number of pyridine rings is 1. The van der Waals surface area contributed by atoms with E-state index in [0.29, 0.717) is 0 Å². The van der Waals surface area contributed by atoms with E-state index < -0.39 is 40.7 Å². The number of aromatic amines is 1. The Morgan fingerprint density at radius 3 is 2.31 bits per heavy atom. The predicted octanol–water partition coefficient (Wildman–Crippen LogP) is 3.07. The van der Waals surface area contributed by atoms with Crippen molar-refractivity contribution >= 4 is 11.6 Å². The van der Waals surface area contributed by atoms with Crippen molar-refractivity contribution in [3.8, 4) is 0 Å². The Labute approximate surface area is 91.0 Å². The molecule has 0 fully saturated rings. The molecule has 16 heavy (non-hydrogen) atoms. The average Bonchev–Trinajstić information content (AvgIpc) is 2.15. The fourth-order valence-electron chi connectivity index (χ4n) is 1.23. The van der Waals surface area contributed by atoms with Gasteiger partial charge in [-0.2, -0.15) is 13.2 Å². The Hall–Kier alpha value is -1.11. The summed E-state index contributed by atoms with van der Waals surface area (Å²) >= 11 is 5.23. The molecule has 8 heteroatoms. The van der Waals surface area contributed by atoms with Crippen molar-refractivity contribution in [3.05, 3.63) is 33.2 Å². The van der Waals surface area contributed by atoms with Gasteiger partial charge in [-0.05, 0) is 5.56 Å². The van der Waals surface area contributed by atoms with Crippen LogP contribution in [0.25, 0.3) is 0 Å². The summed E-state index contributed by atoms with van der Waals surface area (Å²) in [4.78, 5) is 12.6. The number of alkyl halides is 6. The van der Waals surface area contributed by atoms with E-state index in [1.165, 1.54) is 0 Å². The van der Waals surface area contributed by atoms with Crippen molar-refractivity contribution in [1.82, 2.24) is 4.98 Å². The molecule has 1 N–H and O–H groups in total. The Balaban J connectivity index is 3.62. The molecule has 0 unspecified atom stereocenters. The molecule has 1 aromatic heterocycles. The highest BCUT2D eigenvalue weighted by atomic mass is 35.5. The minimum absolute atomic E-state index is 0.441. The van der Waals surface area contributed by atoms with Gasteiger partial charge in [-0.3, -0.25) is 4.79 Å². The van der Waals surface area contributed by atoms with Crippen LogP contribution in [0.2, 0.25) is 0 Å². The van der Waals surface area contributed by atoms with E-state index in [1.54, 1.807) is 4.98 Å². The van der Waals surface area contributed by atoms with Gasteiger partial charge >= 0.3 is 6.18 Å². The van der Waals surface area contributed by atoms with Crippen LogP contribution in [0.1, 0.15) is 23.1 Å². The van der Waals surface area contributed by atoms with E-state index in [4.69, 9.17) is 11.6 Å².